The molecule has 2 rings (SSSR count). The van der Waals surface area contributed by atoms with Gasteiger partial charge in [0.2, 0.25) is 0 Å². The molecule has 120 valence electrons. The van der Waals surface area contributed by atoms with Crippen LogP contribution < -0.4 is 10.1 Å². The van der Waals surface area contributed by atoms with E-state index < -0.39 is 11.0 Å². The molecule has 1 unspecified atom stereocenters. The maximum Gasteiger partial charge on any atom is 0.310 e. The van der Waals surface area contributed by atoms with Gasteiger partial charge in [0.1, 0.15) is 0 Å². The molecule has 0 spiro atoms. The lowest BCUT2D eigenvalue weighted by atomic mass is 10.1. The van der Waals surface area contributed by atoms with Crippen molar-refractivity contribution in [2.75, 3.05) is 0 Å². The third-order valence-electron chi connectivity index (χ3n) is 3.32. The number of nitro groups is 1. The van der Waals surface area contributed by atoms with Gasteiger partial charge < -0.3 is 10.1 Å². The zero-order valence-electron chi connectivity index (χ0n) is 13.0. The van der Waals surface area contributed by atoms with Crippen molar-refractivity contribution in [2.24, 2.45) is 0 Å². The first kappa shape index (κ1) is 16.5. The van der Waals surface area contributed by atoms with Gasteiger partial charge in [-0.3, -0.25) is 14.9 Å². The van der Waals surface area contributed by atoms with E-state index in [2.05, 4.69) is 5.32 Å². The van der Waals surface area contributed by atoms with Crippen LogP contribution in [0.1, 0.15) is 18.1 Å². The van der Waals surface area contributed by atoms with Crippen LogP contribution in [0.4, 0.5) is 5.69 Å². The minimum atomic E-state index is -0.832. The standard InChI is InChI=1S/C17H18N2O4/c1-12-7-9-14(10-8-12)11-18-17(20)13(2)23-16-6-4-3-5-15(16)19(21)22/h3-10,13H,11H2,1-2H3,(H,18,20). The maximum atomic E-state index is 12.1. The van der Waals surface area contributed by atoms with Gasteiger partial charge in [-0.25, -0.2) is 0 Å². The quantitative estimate of drug-likeness (QED) is 0.656. The predicted octanol–water partition coefficient (Wildman–Crippen LogP) is 2.99. The first-order valence-electron chi connectivity index (χ1n) is 7.20. The molecule has 2 aromatic rings. The van der Waals surface area contributed by atoms with Crippen molar-refractivity contribution in [3.63, 3.8) is 0 Å². The van der Waals surface area contributed by atoms with Gasteiger partial charge in [-0.15, -0.1) is 0 Å². The summed E-state index contributed by atoms with van der Waals surface area (Å²) in [5.41, 5.74) is 1.96. The van der Waals surface area contributed by atoms with E-state index in [0.717, 1.165) is 11.1 Å². The molecular weight excluding hydrogens is 296 g/mol. The molecule has 0 heterocycles. The van der Waals surface area contributed by atoms with E-state index in [1.807, 2.05) is 31.2 Å². The number of ether oxygens (including phenoxy) is 1. The lowest BCUT2D eigenvalue weighted by Crippen LogP contribution is -2.36. The number of hydrogen-bond donors (Lipinski definition) is 1. The van der Waals surface area contributed by atoms with E-state index in [1.165, 1.54) is 12.1 Å². The Morgan fingerprint density at radius 3 is 2.52 bits per heavy atom. The fourth-order valence-electron chi connectivity index (χ4n) is 1.99. The number of carbonyl (C=O) groups is 1. The van der Waals surface area contributed by atoms with Gasteiger partial charge >= 0.3 is 5.69 Å². The average molecular weight is 314 g/mol. The molecule has 1 amide bonds. The van der Waals surface area contributed by atoms with Crippen LogP contribution in [0.15, 0.2) is 48.5 Å². The highest BCUT2D eigenvalue weighted by Crippen LogP contribution is 2.26. The second-order valence-corrected chi connectivity index (χ2v) is 5.19. The lowest BCUT2D eigenvalue weighted by molar-refractivity contribution is -0.386. The highest BCUT2D eigenvalue weighted by Gasteiger charge is 2.20. The molecule has 1 N–H and O–H groups in total. The van der Waals surface area contributed by atoms with Crippen molar-refractivity contribution in [3.8, 4) is 5.75 Å². The zero-order chi connectivity index (χ0) is 16.8. The topological polar surface area (TPSA) is 81.5 Å². The van der Waals surface area contributed by atoms with Crippen LogP contribution in [0, 0.1) is 17.0 Å². The first-order valence-corrected chi connectivity index (χ1v) is 7.20. The molecule has 6 nitrogen and oxygen atoms in total. The van der Waals surface area contributed by atoms with Crippen molar-refractivity contribution >= 4 is 11.6 Å². The largest absolute Gasteiger partial charge is 0.474 e. The molecule has 0 saturated carbocycles. The molecule has 0 saturated heterocycles. The summed E-state index contributed by atoms with van der Waals surface area (Å²) in [6.45, 7) is 3.93. The second-order valence-electron chi connectivity index (χ2n) is 5.19. The number of nitrogens with one attached hydrogen (secondary N) is 1. The molecule has 0 fully saturated rings. The molecule has 0 aliphatic rings. The van der Waals surface area contributed by atoms with Gasteiger partial charge in [-0.2, -0.15) is 0 Å². The number of aryl methyl sites for hydroxylation is 1. The number of rotatable bonds is 6. The Bertz CT molecular complexity index is 698. The first-order chi connectivity index (χ1) is 11.0. The molecule has 0 aliphatic heterocycles. The van der Waals surface area contributed by atoms with E-state index in [0.29, 0.717) is 6.54 Å². The smallest absolute Gasteiger partial charge is 0.310 e. The highest BCUT2D eigenvalue weighted by atomic mass is 16.6. The Labute approximate surface area is 134 Å². The molecule has 0 radical (unpaired) electrons. The molecular formula is C17H18N2O4. The van der Waals surface area contributed by atoms with E-state index >= 15 is 0 Å². The predicted molar refractivity (Wildman–Crippen MR) is 86.2 cm³/mol. The Balaban J connectivity index is 1.95. The second kappa shape index (κ2) is 7.40. The van der Waals surface area contributed by atoms with Crippen LogP contribution >= 0.6 is 0 Å². The van der Waals surface area contributed by atoms with Gasteiger partial charge in [-0.1, -0.05) is 42.0 Å². The summed E-state index contributed by atoms with van der Waals surface area (Å²) in [5, 5.41) is 13.7. The van der Waals surface area contributed by atoms with Crippen molar-refractivity contribution in [1.82, 2.24) is 5.32 Å². The van der Waals surface area contributed by atoms with E-state index in [9.17, 15) is 14.9 Å². The minimum Gasteiger partial charge on any atom is -0.474 e. The average Bonchev–Trinajstić information content (AvgIpc) is 2.54. The molecule has 1 atom stereocenters. The lowest BCUT2D eigenvalue weighted by Gasteiger charge is -2.14. The molecule has 6 heteroatoms. The van der Waals surface area contributed by atoms with E-state index in [1.54, 1.807) is 19.1 Å². The Morgan fingerprint density at radius 2 is 1.87 bits per heavy atom. The SMILES string of the molecule is Cc1ccc(CNC(=O)C(C)Oc2ccccc2[N+](=O)[O-])cc1. The molecule has 0 bridgehead atoms. The Hall–Kier alpha value is -2.89. The van der Waals surface area contributed by atoms with Crippen molar-refractivity contribution < 1.29 is 14.5 Å². The molecule has 2 aromatic carbocycles. The number of para-hydroxylation sites is 2. The van der Waals surface area contributed by atoms with Gasteiger partial charge in [0.15, 0.2) is 11.9 Å². The summed E-state index contributed by atoms with van der Waals surface area (Å²) in [6, 6.07) is 13.8. The third-order valence-corrected chi connectivity index (χ3v) is 3.32. The normalized spacial score (nSPS) is 11.6. The summed E-state index contributed by atoms with van der Waals surface area (Å²) in [5.74, 6) is -0.251. The van der Waals surface area contributed by atoms with E-state index in [4.69, 9.17) is 4.74 Å². The Morgan fingerprint density at radius 1 is 1.22 bits per heavy atom. The van der Waals surface area contributed by atoms with Gasteiger partial charge in [0.05, 0.1) is 4.92 Å². The fourth-order valence-corrected chi connectivity index (χ4v) is 1.99. The summed E-state index contributed by atoms with van der Waals surface area (Å²) < 4.78 is 5.42. The number of hydrogen-bond acceptors (Lipinski definition) is 4. The van der Waals surface area contributed by atoms with Crippen molar-refractivity contribution in [2.45, 2.75) is 26.5 Å². The van der Waals surface area contributed by atoms with Crippen molar-refractivity contribution in [1.29, 1.82) is 0 Å². The Kier molecular flexibility index (Phi) is 5.30. The van der Waals surface area contributed by atoms with Crippen LogP contribution in [0.3, 0.4) is 0 Å². The monoisotopic (exact) mass is 314 g/mol. The number of nitro benzene ring substituents is 1. The third kappa shape index (κ3) is 4.54. The fraction of sp³-hybridized carbons (Fsp3) is 0.235. The van der Waals surface area contributed by atoms with Crippen molar-refractivity contribution in [3.05, 3.63) is 69.8 Å². The summed E-state index contributed by atoms with van der Waals surface area (Å²) in [7, 11) is 0. The molecule has 23 heavy (non-hydrogen) atoms. The van der Waals surface area contributed by atoms with E-state index in [-0.39, 0.29) is 17.3 Å². The van der Waals surface area contributed by atoms with Crippen LogP contribution in [-0.2, 0) is 11.3 Å². The summed E-state index contributed by atoms with van der Waals surface area (Å²) in [4.78, 5) is 22.5. The number of nitrogens with zero attached hydrogens (tertiary/aromatic N) is 1. The summed E-state index contributed by atoms with van der Waals surface area (Å²) in [6.07, 6.45) is -0.832. The zero-order valence-corrected chi connectivity index (χ0v) is 13.0. The van der Waals surface area contributed by atoms with Crippen LogP contribution in [0.5, 0.6) is 5.75 Å². The number of carbonyl (C=O) groups excluding carboxylic acids is 1. The van der Waals surface area contributed by atoms with Crippen LogP contribution in [0.25, 0.3) is 0 Å². The van der Waals surface area contributed by atoms with Crippen LogP contribution in [-0.4, -0.2) is 16.9 Å². The summed E-state index contributed by atoms with van der Waals surface area (Å²) >= 11 is 0. The van der Waals surface area contributed by atoms with Gasteiger partial charge in [0.25, 0.3) is 5.91 Å². The van der Waals surface area contributed by atoms with Crippen LogP contribution in [0.2, 0.25) is 0 Å². The van der Waals surface area contributed by atoms with Gasteiger partial charge in [-0.05, 0) is 25.5 Å². The maximum absolute atomic E-state index is 12.1. The number of amides is 1. The molecule has 0 aromatic heterocycles. The highest BCUT2D eigenvalue weighted by molar-refractivity contribution is 5.80. The van der Waals surface area contributed by atoms with Gasteiger partial charge in [0, 0.05) is 12.6 Å². The minimum absolute atomic E-state index is 0.0792. The number of benzene rings is 2. The molecule has 0 aliphatic carbocycles.